The molecule has 2 heterocycles. The van der Waals surface area contributed by atoms with Crippen LogP contribution in [-0.4, -0.2) is 39.9 Å². The Kier molecular flexibility index (Phi) is 3.76. The minimum Gasteiger partial charge on any atom is -0.409 e. The lowest BCUT2D eigenvalue weighted by Crippen LogP contribution is -2.41. The summed E-state index contributed by atoms with van der Waals surface area (Å²) < 4.78 is 0. The number of nitrogens with two attached hydrogens (primary N) is 1. The lowest BCUT2D eigenvalue weighted by atomic mass is 9.95. The zero-order valence-electron chi connectivity index (χ0n) is 9.99. The zero-order chi connectivity index (χ0) is 13.0. The van der Waals surface area contributed by atoms with Crippen molar-refractivity contribution in [1.82, 2.24) is 9.88 Å². The number of likely N-dealkylation sites (tertiary alicyclic amines) is 1. The average Bonchev–Trinajstić information content (AvgIpc) is 2.47. The predicted molar refractivity (Wildman–Crippen MR) is 66.3 cm³/mol. The second kappa shape index (κ2) is 5.48. The normalized spacial score (nSPS) is 17.8. The fourth-order valence-electron chi connectivity index (χ4n) is 2.14. The number of rotatable bonds is 2. The molecule has 1 aromatic heterocycles. The largest absolute Gasteiger partial charge is 0.409 e. The summed E-state index contributed by atoms with van der Waals surface area (Å²) in [6.45, 7) is 1.25. The van der Waals surface area contributed by atoms with Crippen LogP contribution in [0.3, 0.4) is 0 Å². The van der Waals surface area contributed by atoms with E-state index >= 15 is 0 Å². The summed E-state index contributed by atoms with van der Waals surface area (Å²) in [5, 5.41) is 11.6. The quantitative estimate of drug-likeness (QED) is 0.348. The van der Waals surface area contributed by atoms with Crippen molar-refractivity contribution in [3.05, 3.63) is 30.1 Å². The van der Waals surface area contributed by atoms with Gasteiger partial charge in [-0.25, -0.2) is 0 Å². The highest BCUT2D eigenvalue weighted by molar-refractivity contribution is 5.94. The Balaban J connectivity index is 1.96. The van der Waals surface area contributed by atoms with Gasteiger partial charge in [0, 0.05) is 37.0 Å². The SMILES string of the molecule is NC(=NO)C1CCN(C(=O)c2ccncc2)CC1. The standard InChI is InChI=1S/C12H16N4O2/c13-11(15-18)9-3-7-16(8-4-9)12(17)10-1-5-14-6-2-10/h1-2,5-6,9,18H,3-4,7-8H2,(H2,13,15). The second-order valence-electron chi connectivity index (χ2n) is 4.33. The number of aromatic nitrogens is 1. The molecule has 1 amide bonds. The highest BCUT2D eigenvalue weighted by atomic mass is 16.4. The Morgan fingerprint density at radius 2 is 2.00 bits per heavy atom. The molecule has 2 rings (SSSR count). The Hall–Kier alpha value is -2.11. The van der Waals surface area contributed by atoms with E-state index in [4.69, 9.17) is 10.9 Å². The van der Waals surface area contributed by atoms with Gasteiger partial charge < -0.3 is 15.8 Å². The Morgan fingerprint density at radius 1 is 1.39 bits per heavy atom. The lowest BCUT2D eigenvalue weighted by Gasteiger charge is -2.31. The van der Waals surface area contributed by atoms with E-state index in [-0.39, 0.29) is 17.7 Å². The number of carbonyl (C=O) groups excluding carboxylic acids is 1. The molecule has 1 aliphatic heterocycles. The van der Waals surface area contributed by atoms with Crippen LogP contribution in [0.5, 0.6) is 0 Å². The summed E-state index contributed by atoms with van der Waals surface area (Å²) in [5.74, 6) is 0.331. The first-order chi connectivity index (χ1) is 8.72. The number of oxime groups is 1. The van der Waals surface area contributed by atoms with Crippen LogP contribution in [0, 0.1) is 5.92 Å². The van der Waals surface area contributed by atoms with E-state index in [1.54, 1.807) is 29.4 Å². The van der Waals surface area contributed by atoms with Crippen LogP contribution < -0.4 is 5.73 Å². The minimum absolute atomic E-state index is 0.00959. The Labute approximate surface area is 105 Å². The molecule has 0 aromatic carbocycles. The number of hydrogen-bond donors (Lipinski definition) is 2. The topological polar surface area (TPSA) is 91.8 Å². The van der Waals surface area contributed by atoms with E-state index in [0.29, 0.717) is 18.7 Å². The number of nitrogens with zero attached hydrogens (tertiary/aromatic N) is 3. The summed E-state index contributed by atoms with van der Waals surface area (Å²) in [6.07, 6.45) is 4.67. The first kappa shape index (κ1) is 12.3. The highest BCUT2D eigenvalue weighted by Gasteiger charge is 2.25. The summed E-state index contributed by atoms with van der Waals surface area (Å²) in [7, 11) is 0. The average molecular weight is 248 g/mol. The molecule has 3 N–H and O–H groups in total. The monoisotopic (exact) mass is 248 g/mol. The van der Waals surface area contributed by atoms with Gasteiger partial charge in [0.2, 0.25) is 0 Å². The molecule has 6 heteroatoms. The lowest BCUT2D eigenvalue weighted by molar-refractivity contribution is 0.0709. The number of pyridine rings is 1. The summed E-state index contributed by atoms with van der Waals surface area (Å²) in [6, 6.07) is 3.41. The molecule has 0 radical (unpaired) electrons. The molecular weight excluding hydrogens is 232 g/mol. The first-order valence-corrected chi connectivity index (χ1v) is 5.89. The van der Waals surface area contributed by atoms with Crippen LogP contribution >= 0.6 is 0 Å². The van der Waals surface area contributed by atoms with Crippen molar-refractivity contribution >= 4 is 11.7 Å². The smallest absolute Gasteiger partial charge is 0.253 e. The van der Waals surface area contributed by atoms with E-state index in [1.165, 1.54) is 0 Å². The molecule has 0 unspecified atom stereocenters. The number of piperidine rings is 1. The maximum Gasteiger partial charge on any atom is 0.253 e. The molecule has 1 aromatic rings. The fraction of sp³-hybridized carbons (Fsp3) is 0.417. The van der Waals surface area contributed by atoms with Crippen LogP contribution in [0.1, 0.15) is 23.2 Å². The van der Waals surface area contributed by atoms with Crippen LogP contribution in [0.25, 0.3) is 0 Å². The predicted octanol–water partition coefficient (Wildman–Crippen LogP) is 0.680. The van der Waals surface area contributed by atoms with E-state index in [0.717, 1.165) is 12.8 Å². The molecule has 6 nitrogen and oxygen atoms in total. The molecule has 0 bridgehead atoms. The molecule has 96 valence electrons. The van der Waals surface area contributed by atoms with Gasteiger partial charge in [-0.3, -0.25) is 9.78 Å². The van der Waals surface area contributed by atoms with Crippen LogP contribution in [0.2, 0.25) is 0 Å². The fourth-order valence-corrected chi connectivity index (χ4v) is 2.14. The zero-order valence-corrected chi connectivity index (χ0v) is 9.99. The van der Waals surface area contributed by atoms with Gasteiger partial charge in [0.15, 0.2) is 0 Å². The number of amides is 1. The molecule has 0 atom stereocenters. The third kappa shape index (κ3) is 2.58. The summed E-state index contributed by atoms with van der Waals surface area (Å²) in [5.41, 5.74) is 6.21. The van der Waals surface area contributed by atoms with E-state index in [1.807, 2.05) is 0 Å². The maximum atomic E-state index is 12.1. The van der Waals surface area contributed by atoms with Gasteiger partial charge in [-0.15, -0.1) is 0 Å². The molecule has 0 aliphatic carbocycles. The third-order valence-electron chi connectivity index (χ3n) is 3.24. The Morgan fingerprint density at radius 3 is 2.56 bits per heavy atom. The van der Waals surface area contributed by atoms with E-state index < -0.39 is 0 Å². The van der Waals surface area contributed by atoms with Crippen LogP contribution in [-0.2, 0) is 0 Å². The van der Waals surface area contributed by atoms with Gasteiger partial charge in [0.25, 0.3) is 5.91 Å². The molecule has 0 saturated carbocycles. The van der Waals surface area contributed by atoms with Crippen molar-refractivity contribution in [3.63, 3.8) is 0 Å². The van der Waals surface area contributed by atoms with Gasteiger partial charge in [-0.1, -0.05) is 5.16 Å². The Bertz CT molecular complexity index is 439. The summed E-state index contributed by atoms with van der Waals surface area (Å²) >= 11 is 0. The van der Waals surface area contributed by atoms with Gasteiger partial charge in [-0.2, -0.15) is 0 Å². The van der Waals surface area contributed by atoms with Crippen molar-refractivity contribution in [1.29, 1.82) is 0 Å². The van der Waals surface area contributed by atoms with Crippen molar-refractivity contribution in [2.75, 3.05) is 13.1 Å². The van der Waals surface area contributed by atoms with Crippen molar-refractivity contribution < 1.29 is 10.0 Å². The number of hydrogen-bond acceptors (Lipinski definition) is 4. The van der Waals surface area contributed by atoms with E-state index in [2.05, 4.69) is 10.1 Å². The molecular formula is C12H16N4O2. The molecule has 1 saturated heterocycles. The number of carbonyl (C=O) groups is 1. The van der Waals surface area contributed by atoms with Crippen molar-refractivity contribution in [2.45, 2.75) is 12.8 Å². The van der Waals surface area contributed by atoms with Gasteiger partial charge in [-0.05, 0) is 25.0 Å². The van der Waals surface area contributed by atoms with Gasteiger partial charge >= 0.3 is 0 Å². The van der Waals surface area contributed by atoms with Crippen LogP contribution in [0.15, 0.2) is 29.7 Å². The third-order valence-corrected chi connectivity index (χ3v) is 3.24. The second-order valence-corrected chi connectivity index (χ2v) is 4.33. The number of amidine groups is 1. The first-order valence-electron chi connectivity index (χ1n) is 5.89. The highest BCUT2D eigenvalue weighted by Crippen LogP contribution is 2.18. The molecule has 1 fully saturated rings. The van der Waals surface area contributed by atoms with Crippen molar-refractivity contribution in [2.24, 2.45) is 16.8 Å². The van der Waals surface area contributed by atoms with Crippen molar-refractivity contribution in [3.8, 4) is 0 Å². The maximum absolute atomic E-state index is 12.1. The van der Waals surface area contributed by atoms with E-state index in [9.17, 15) is 4.79 Å². The van der Waals surface area contributed by atoms with Gasteiger partial charge in [0.05, 0.1) is 0 Å². The minimum atomic E-state index is 0.00959. The molecule has 0 spiro atoms. The summed E-state index contributed by atoms with van der Waals surface area (Å²) in [4.78, 5) is 17.8. The molecule has 18 heavy (non-hydrogen) atoms. The van der Waals surface area contributed by atoms with Crippen LogP contribution in [0.4, 0.5) is 0 Å². The van der Waals surface area contributed by atoms with Gasteiger partial charge in [0.1, 0.15) is 5.84 Å². The molecule has 1 aliphatic rings.